The van der Waals surface area contributed by atoms with E-state index in [1.807, 2.05) is 48.5 Å². The first-order chi connectivity index (χ1) is 17.2. The summed E-state index contributed by atoms with van der Waals surface area (Å²) in [5.74, 6) is 1.44. The smallest absolute Gasteiger partial charge is 0.161 e. The van der Waals surface area contributed by atoms with E-state index in [9.17, 15) is 0 Å². The van der Waals surface area contributed by atoms with Gasteiger partial charge in [-0.05, 0) is 30.3 Å². The van der Waals surface area contributed by atoms with Crippen molar-refractivity contribution in [2.24, 2.45) is 5.73 Å². The Balaban J connectivity index is 1.31. The molecule has 10 nitrogen and oxygen atoms in total. The van der Waals surface area contributed by atoms with E-state index in [1.165, 1.54) is 0 Å². The van der Waals surface area contributed by atoms with Crippen LogP contribution < -0.4 is 10.6 Å². The summed E-state index contributed by atoms with van der Waals surface area (Å²) in [4.78, 5) is 28.9. The lowest BCUT2D eigenvalue weighted by Gasteiger charge is -2.37. The number of pyridine rings is 2. The molecule has 0 saturated carbocycles. The first-order valence-corrected chi connectivity index (χ1v) is 11.3. The van der Waals surface area contributed by atoms with Crippen LogP contribution in [0.25, 0.3) is 56.2 Å². The number of aromatic amines is 2. The molecule has 0 bridgehead atoms. The van der Waals surface area contributed by atoms with Gasteiger partial charge in [-0.2, -0.15) is 5.10 Å². The molecule has 1 fully saturated rings. The molecule has 1 saturated heterocycles. The lowest BCUT2D eigenvalue weighted by Crippen LogP contribution is -2.56. The Morgan fingerprint density at radius 2 is 1.77 bits per heavy atom. The van der Waals surface area contributed by atoms with Crippen LogP contribution in [0.3, 0.4) is 0 Å². The lowest BCUT2D eigenvalue weighted by atomic mass is 10.1. The van der Waals surface area contributed by atoms with Crippen LogP contribution in [-0.4, -0.2) is 59.2 Å². The Kier molecular flexibility index (Phi) is 4.33. The van der Waals surface area contributed by atoms with Gasteiger partial charge in [0.1, 0.15) is 17.0 Å². The second-order valence-electron chi connectivity index (χ2n) is 8.59. The molecule has 1 aliphatic heterocycles. The molecule has 0 atom stereocenters. The highest BCUT2D eigenvalue weighted by atomic mass is 15.3. The molecule has 0 spiro atoms. The molecule has 4 N–H and O–H groups in total. The molecule has 170 valence electrons. The van der Waals surface area contributed by atoms with E-state index in [0.717, 1.165) is 46.7 Å². The maximum Gasteiger partial charge on any atom is 0.161 e. The van der Waals surface area contributed by atoms with E-state index in [0.29, 0.717) is 28.4 Å². The number of hydrogen-bond acceptors (Lipinski definition) is 8. The molecule has 0 amide bonds. The van der Waals surface area contributed by atoms with Gasteiger partial charge in [0.05, 0.1) is 40.3 Å². The fourth-order valence-electron chi connectivity index (χ4n) is 4.41. The van der Waals surface area contributed by atoms with E-state index in [4.69, 9.17) is 20.7 Å². The number of aromatic nitrogens is 8. The summed E-state index contributed by atoms with van der Waals surface area (Å²) in [6.07, 6.45) is 5.25. The number of rotatable bonds is 4. The number of fused-ring (bicyclic) bond motifs is 2. The van der Waals surface area contributed by atoms with Crippen molar-refractivity contribution < 1.29 is 0 Å². The monoisotopic (exact) mass is 460 g/mol. The molecule has 35 heavy (non-hydrogen) atoms. The van der Waals surface area contributed by atoms with Gasteiger partial charge in [-0.1, -0.05) is 18.2 Å². The van der Waals surface area contributed by atoms with E-state index >= 15 is 0 Å². The molecular formula is C25H20N10. The summed E-state index contributed by atoms with van der Waals surface area (Å²) in [5.41, 5.74) is 13.0. The molecule has 6 aromatic rings. The van der Waals surface area contributed by atoms with Crippen LogP contribution in [0.1, 0.15) is 0 Å². The average molecular weight is 461 g/mol. The minimum absolute atomic E-state index is 0.186. The van der Waals surface area contributed by atoms with Gasteiger partial charge in [0, 0.05) is 30.9 Å². The number of para-hydroxylation sites is 1. The number of anilines is 1. The number of nitrogens with two attached hydrogens (primary N) is 1. The molecule has 6 heterocycles. The van der Waals surface area contributed by atoms with Gasteiger partial charge in [0.15, 0.2) is 11.5 Å². The lowest BCUT2D eigenvalue weighted by molar-refractivity contribution is 0.514. The highest BCUT2D eigenvalue weighted by Gasteiger charge is 2.25. The number of imidazole rings is 1. The number of benzene rings is 1. The van der Waals surface area contributed by atoms with Crippen molar-refractivity contribution in [3.63, 3.8) is 0 Å². The van der Waals surface area contributed by atoms with Gasteiger partial charge in [0.2, 0.25) is 0 Å². The fraction of sp³-hybridized carbons (Fsp3) is 0.120. The van der Waals surface area contributed by atoms with Crippen LogP contribution in [0.2, 0.25) is 0 Å². The molecule has 7 rings (SSSR count). The maximum atomic E-state index is 5.92. The average Bonchev–Trinajstić information content (AvgIpc) is 3.51. The molecule has 1 aliphatic rings. The Labute approximate surface area is 199 Å². The zero-order valence-corrected chi connectivity index (χ0v) is 18.6. The zero-order valence-electron chi connectivity index (χ0n) is 18.6. The fourth-order valence-corrected chi connectivity index (χ4v) is 4.41. The van der Waals surface area contributed by atoms with Gasteiger partial charge < -0.3 is 15.6 Å². The third-order valence-electron chi connectivity index (χ3n) is 6.20. The Morgan fingerprint density at radius 3 is 2.63 bits per heavy atom. The topological polar surface area (TPSA) is 138 Å². The predicted molar refractivity (Wildman–Crippen MR) is 133 cm³/mol. The van der Waals surface area contributed by atoms with Gasteiger partial charge in [0.25, 0.3) is 0 Å². The highest BCUT2D eigenvalue weighted by molar-refractivity contribution is 5.95. The maximum absolute atomic E-state index is 5.92. The van der Waals surface area contributed by atoms with E-state index in [2.05, 4.69) is 30.0 Å². The first kappa shape index (κ1) is 19.7. The Hall–Kier alpha value is -4.70. The number of H-pyrrole nitrogens is 2. The third kappa shape index (κ3) is 3.30. The standard InChI is InChI=1S/C25H20N10/c26-14-12-35(13-14)21-11-27-10-20(29-21)17-7-8-19-23(30-17)24(34-33-19)25-31-18-6-3-4-15(22(18)32-25)16-5-1-2-9-28-16/h1-11,14H,12-13,26H2,(H,31,32)(H,33,34). The molecule has 10 heteroatoms. The number of nitrogens with zero attached hydrogens (tertiary/aromatic N) is 7. The van der Waals surface area contributed by atoms with Crippen molar-refractivity contribution in [1.82, 2.24) is 40.1 Å². The molecule has 0 radical (unpaired) electrons. The van der Waals surface area contributed by atoms with Crippen LogP contribution in [0.15, 0.2) is 67.1 Å². The minimum atomic E-state index is 0.186. The highest BCUT2D eigenvalue weighted by Crippen LogP contribution is 2.31. The van der Waals surface area contributed by atoms with Gasteiger partial charge in [-0.15, -0.1) is 0 Å². The zero-order chi connectivity index (χ0) is 23.4. The predicted octanol–water partition coefficient (Wildman–Crippen LogP) is 3.17. The summed E-state index contributed by atoms with van der Waals surface area (Å²) in [5, 5.41) is 7.59. The summed E-state index contributed by atoms with van der Waals surface area (Å²) in [7, 11) is 0. The molecule has 1 aromatic carbocycles. The van der Waals surface area contributed by atoms with Crippen molar-refractivity contribution in [3.8, 4) is 34.2 Å². The summed E-state index contributed by atoms with van der Waals surface area (Å²) < 4.78 is 0. The Bertz CT molecular complexity index is 1680. The van der Waals surface area contributed by atoms with Crippen molar-refractivity contribution in [1.29, 1.82) is 0 Å². The van der Waals surface area contributed by atoms with E-state index in [-0.39, 0.29) is 6.04 Å². The van der Waals surface area contributed by atoms with Crippen LogP contribution in [-0.2, 0) is 0 Å². The van der Waals surface area contributed by atoms with Crippen LogP contribution >= 0.6 is 0 Å². The van der Waals surface area contributed by atoms with Crippen molar-refractivity contribution in [2.75, 3.05) is 18.0 Å². The van der Waals surface area contributed by atoms with Crippen LogP contribution in [0.5, 0.6) is 0 Å². The third-order valence-corrected chi connectivity index (χ3v) is 6.20. The molecular weight excluding hydrogens is 440 g/mol. The number of nitrogens with one attached hydrogen (secondary N) is 2. The SMILES string of the molecule is NC1CN(c2cncc(-c3ccc4[nH]nc(-c5nc6c(-c7ccccn7)cccc6[nH]5)c4n3)n2)C1. The summed E-state index contributed by atoms with van der Waals surface area (Å²) >= 11 is 0. The van der Waals surface area contributed by atoms with Crippen LogP contribution in [0, 0.1) is 0 Å². The van der Waals surface area contributed by atoms with Gasteiger partial charge in [-0.25, -0.2) is 15.0 Å². The molecule has 0 unspecified atom stereocenters. The van der Waals surface area contributed by atoms with Crippen molar-refractivity contribution >= 4 is 27.9 Å². The number of hydrogen-bond donors (Lipinski definition) is 3. The normalized spacial score (nSPS) is 14.0. The largest absolute Gasteiger partial charge is 0.352 e. The first-order valence-electron chi connectivity index (χ1n) is 11.3. The van der Waals surface area contributed by atoms with E-state index < -0.39 is 0 Å². The van der Waals surface area contributed by atoms with Crippen molar-refractivity contribution in [2.45, 2.75) is 6.04 Å². The second-order valence-corrected chi connectivity index (χ2v) is 8.59. The van der Waals surface area contributed by atoms with Gasteiger partial charge >= 0.3 is 0 Å². The van der Waals surface area contributed by atoms with E-state index in [1.54, 1.807) is 18.6 Å². The second kappa shape index (κ2) is 7.67. The summed E-state index contributed by atoms with van der Waals surface area (Å²) in [6.45, 7) is 1.56. The van der Waals surface area contributed by atoms with Crippen LogP contribution in [0.4, 0.5) is 5.82 Å². The molecule has 5 aromatic heterocycles. The quantitative estimate of drug-likeness (QED) is 0.365. The Morgan fingerprint density at radius 1 is 0.829 bits per heavy atom. The summed E-state index contributed by atoms with van der Waals surface area (Å²) in [6, 6.07) is 15.9. The van der Waals surface area contributed by atoms with Crippen molar-refractivity contribution in [3.05, 3.63) is 67.1 Å². The minimum Gasteiger partial charge on any atom is -0.352 e. The van der Waals surface area contributed by atoms with Gasteiger partial charge in [-0.3, -0.25) is 15.1 Å². The molecule has 0 aliphatic carbocycles.